The molecule has 1 fully saturated rings. The average Bonchev–Trinajstić information content (AvgIpc) is 3.27. The van der Waals surface area contributed by atoms with Gasteiger partial charge in [0.1, 0.15) is 17.8 Å². The molecule has 1 aliphatic rings. The highest BCUT2D eigenvalue weighted by atomic mass is 16.5. The number of rotatable bonds is 6. The molecule has 164 valence electrons. The minimum absolute atomic E-state index is 0.548. The zero-order chi connectivity index (χ0) is 21.9. The van der Waals surface area contributed by atoms with Crippen molar-refractivity contribution in [3.8, 4) is 17.1 Å². The molecule has 0 unspecified atom stereocenters. The summed E-state index contributed by atoms with van der Waals surface area (Å²) in [4.78, 5) is 21.3. The third-order valence-corrected chi connectivity index (χ3v) is 5.90. The van der Waals surface area contributed by atoms with Crippen LogP contribution in [0.25, 0.3) is 22.3 Å². The van der Waals surface area contributed by atoms with Crippen LogP contribution in [-0.2, 0) is 6.54 Å². The predicted molar refractivity (Wildman–Crippen MR) is 126 cm³/mol. The van der Waals surface area contributed by atoms with E-state index in [0.29, 0.717) is 5.88 Å². The number of methoxy groups -OCH3 is 1. The van der Waals surface area contributed by atoms with Crippen molar-refractivity contribution in [1.29, 1.82) is 0 Å². The molecule has 8 nitrogen and oxygen atoms in total. The Balaban J connectivity index is 1.35. The lowest BCUT2D eigenvalue weighted by molar-refractivity contribution is 0.148. The first kappa shape index (κ1) is 20.4. The Morgan fingerprint density at radius 1 is 1.00 bits per heavy atom. The van der Waals surface area contributed by atoms with E-state index >= 15 is 0 Å². The molecule has 3 aromatic heterocycles. The van der Waals surface area contributed by atoms with Crippen molar-refractivity contribution in [2.75, 3.05) is 45.7 Å². The largest absolute Gasteiger partial charge is 0.481 e. The van der Waals surface area contributed by atoms with Crippen LogP contribution in [0.2, 0.25) is 0 Å². The van der Waals surface area contributed by atoms with Crippen molar-refractivity contribution >= 4 is 22.5 Å². The van der Waals surface area contributed by atoms with E-state index in [1.807, 2.05) is 12.1 Å². The Labute approximate surface area is 187 Å². The molecule has 8 heteroatoms. The highest BCUT2D eigenvalue weighted by Gasteiger charge is 2.14. The lowest BCUT2D eigenvalue weighted by atomic mass is 10.1. The first-order valence-corrected chi connectivity index (χ1v) is 10.8. The summed E-state index contributed by atoms with van der Waals surface area (Å²) in [7, 11) is 3.79. The maximum Gasteiger partial charge on any atom is 0.214 e. The molecular weight excluding hydrogens is 402 g/mol. The Bertz CT molecular complexity index is 1200. The fourth-order valence-corrected chi connectivity index (χ4v) is 3.98. The van der Waals surface area contributed by atoms with Crippen LogP contribution >= 0.6 is 0 Å². The monoisotopic (exact) mass is 429 g/mol. The number of hydrogen-bond donors (Lipinski definition) is 2. The van der Waals surface area contributed by atoms with Gasteiger partial charge in [-0.15, -0.1) is 0 Å². The summed E-state index contributed by atoms with van der Waals surface area (Å²) in [6, 6.07) is 14.6. The summed E-state index contributed by atoms with van der Waals surface area (Å²) in [5.74, 6) is 1.28. The number of nitrogens with one attached hydrogen (secondary N) is 2. The molecule has 1 aromatic carbocycles. The van der Waals surface area contributed by atoms with Gasteiger partial charge < -0.3 is 19.9 Å². The molecule has 0 spiro atoms. The van der Waals surface area contributed by atoms with Crippen molar-refractivity contribution in [1.82, 2.24) is 29.7 Å². The number of piperazine rings is 1. The fraction of sp³-hybridized carbons (Fsp3) is 0.292. The van der Waals surface area contributed by atoms with Crippen molar-refractivity contribution in [2.24, 2.45) is 0 Å². The summed E-state index contributed by atoms with van der Waals surface area (Å²) in [5, 5.41) is 4.27. The van der Waals surface area contributed by atoms with E-state index in [-0.39, 0.29) is 0 Å². The van der Waals surface area contributed by atoms with Gasteiger partial charge in [-0.2, -0.15) is 0 Å². The molecule has 0 radical (unpaired) electrons. The van der Waals surface area contributed by atoms with Crippen LogP contribution in [0, 0.1) is 0 Å². The third-order valence-electron chi connectivity index (χ3n) is 5.90. The predicted octanol–water partition coefficient (Wildman–Crippen LogP) is 3.52. The topological polar surface area (TPSA) is 82.2 Å². The maximum absolute atomic E-state index is 5.21. The molecule has 4 heterocycles. The quantitative estimate of drug-likeness (QED) is 0.485. The summed E-state index contributed by atoms with van der Waals surface area (Å²) >= 11 is 0. The van der Waals surface area contributed by atoms with E-state index in [1.165, 1.54) is 5.56 Å². The molecule has 0 bridgehead atoms. The number of benzene rings is 1. The Morgan fingerprint density at radius 2 is 1.81 bits per heavy atom. The molecule has 32 heavy (non-hydrogen) atoms. The van der Waals surface area contributed by atoms with Crippen molar-refractivity contribution in [2.45, 2.75) is 6.54 Å². The van der Waals surface area contributed by atoms with Crippen LogP contribution in [-0.4, -0.2) is 70.1 Å². The van der Waals surface area contributed by atoms with Gasteiger partial charge in [-0.3, -0.25) is 4.90 Å². The number of likely N-dealkylation sites (N-methyl/N-ethyl adjacent to an activating group) is 1. The van der Waals surface area contributed by atoms with Gasteiger partial charge in [0.15, 0.2) is 0 Å². The van der Waals surface area contributed by atoms with Crippen molar-refractivity contribution in [3.05, 3.63) is 60.6 Å². The van der Waals surface area contributed by atoms with E-state index in [4.69, 9.17) is 4.74 Å². The van der Waals surface area contributed by atoms with E-state index < -0.39 is 0 Å². The number of pyridine rings is 1. The molecule has 4 aromatic rings. The molecule has 1 aliphatic heterocycles. The number of anilines is 2. The van der Waals surface area contributed by atoms with Crippen LogP contribution in [0.15, 0.2) is 55.0 Å². The number of H-pyrrole nitrogens is 1. The van der Waals surface area contributed by atoms with Crippen LogP contribution in [0.1, 0.15) is 5.56 Å². The lowest BCUT2D eigenvalue weighted by Gasteiger charge is -2.32. The van der Waals surface area contributed by atoms with Gasteiger partial charge in [-0.05, 0) is 30.3 Å². The summed E-state index contributed by atoms with van der Waals surface area (Å²) < 4.78 is 5.21. The molecule has 0 aliphatic carbocycles. The molecule has 1 saturated heterocycles. The standard InChI is InChI=1S/C24H27N7O/c1-30-9-11-31(12-10-30)15-17-3-5-18(6-4-17)21-14-20-23(26-16-27-24(20)29-21)28-19-7-8-25-22(13-19)32-2/h3-8,13-14,16H,9-12,15H2,1-2H3,(H2,25,26,27,28,29). The van der Waals surface area contributed by atoms with Gasteiger partial charge >= 0.3 is 0 Å². The minimum atomic E-state index is 0.548. The normalized spacial score (nSPS) is 15.2. The fourth-order valence-electron chi connectivity index (χ4n) is 3.98. The molecular formula is C24H27N7O. The van der Waals surface area contributed by atoms with E-state index in [1.54, 1.807) is 19.6 Å². The van der Waals surface area contributed by atoms with Gasteiger partial charge in [0.05, 0.1) is 12.5 Å². The second kappa shape index (κ2) is 8.94. The van der Waals surface area contributed by atoms with Crippen LogP contribution in [0.4, 0.5) is 11.5 Å². The first-order chi connectivity index (χ1) is 15.7. The number of aromatic amines is 1. The molecule has 2 N–H and O–H groups in total. The molecule has 5 rings (SSSR count). The van der Waals surface area contributed by atoms with Crippen molar-refractivity contribution in [3.63, 3.8) is 0 Å². The minimum Gasteiger partial charge on any atom is -0.481 e. The third kappa shape index (κ3) is 4.42. The SMILES string of the molecule is COc1cc(Nc2ncnc3[nH]c(-c4ccc(CN5CCN(C)CC5)cc4)cc23)ccn1. The lowest BCUT2D eigenvalue weighted by Crippen LogP contribution is -2.43. The van der Waals surface area contributed by atoms with Gasteiger partial charge in [0, 0.05) is 56.4 Å². The van der Waals surface area contributed by atoms with E-state index in [0.717, 1.165) is 66.5 Å². The molecule has 0 saturated carbocycles. The first-order valence-electron chi connectivity index (χ1n) is 10.8. The molecule has 0 atom stereocenters. The summed E-state index contributed by atoms with van der Waals surface area (Å²) in [5.41, 5.74) is 5.12. The van der Waals surface area contributed by atoms with Gasteiger partial charge in [-0.1, -0.05) is 24.3 Å². The Kier molecular flexibility index (Phi) is 5.70. The van der Waals surface area contributed by atoms with E-state index in [2.05, 4.69) is 72.4 Å². The number of nitrogens with zero attached hydrogens (tertiary/aromatic N) is 5. The maximum atomic E-state index is 5.21. The van der Waals surface area contributed by atoms with Gasteiger partial charge in [0.25, 0.3) is 0 Å². The highest BCUT2D eigenvalue weighted by Crippen LogP contribution is 2.29. The van der Waals surface area contributed by atoms with E-state index in [9.17, 15) is 0 Å². The summed E-state index contributed by atoms with van der Waals surface area (Å²) in [6.07, 6.45) is 3.26. The second-order valence-corrected chi connectivity index (χ2v) is 8.16. The van der Waals surface area contributed by atoms with Crippen LogP contribution < -0.4 is 10.1 Å². The number of aromatic nitrogens is 4. The van der Waals surface area contributed by atoms with Gasteiger partial charge in [-0.25, -0.2) is 15.0 Å². The number of ether oxygens (including phenoxy) is 1. The zero-order valence-corrected chi connectivity index (χ0v) is 18.4. The van der Waals surface area contributed by atoms with Crippen LogP contribution in [0.3, 0.4) is 0 Å². The average molecular weight is 430 g/mol. The second-order valence-electron chi connectivity index (χ2n) is 8.16. The van der Waals surface area contributed by atoms with Crippen LogP contribution in [0.5, 0.6) is 5.88 Å². The van der Waals surface area contributed by atoms with Crippen molar-refractivity contribution < 1.29 is 4.74 Å². The Morgan fingerprint density at radius 3 is 2.59 bits per heavy atom. The zero-order valence-electron chi connectivity index (χ0n) is 18.4. The number of fused-ring (bicyclic) bond motifs is 1. The Hall–Kier alpha value is -3.49. The number of hydrogen-bond acceptors (Lipinski definition) is 7. The summed E-state index contributed by atoms with van der Waals surface area (Å²) in [6.45, 7) is 5.51. The molecule has 0 amide bonds. The smallest absolute Gasteiger partial charge is 0.214 e. The highest BCUT2D eigenvalue weighted by molar-refractivity contribution is 5.92. The van der Waals surface area contributed by atoms with Gasteiger partial charge in [0.2, 0.25) is 5.88 Å².